The topological polar surface area (TPSA) is 73.8 Å². The molecular weight excluding hydrogens is 376 g/mol. The molecule has 1 saturated heterocycles. The first-order chi connectivity index (χ1) is 12.1. The minimum Gasteiger partial charge on any atom is -0.354 e. The van der Waals surface area contributed by atoms with Gasteiger partial charge in [0.25, 0.3) is 0 Å². The summed E-state index contributed by atoms with van der Waals surface area (Å²) in [4.78, 5) is 4.03. The van der Waals surface area contributed by atoms with E-state index in [-0.39, 0.29) is 37.8 Å². The van der Waals surface area contributed by atoms with Crippen LogP contribution in [-0.2, 0) is 16.6 Å². The standard InChI is InChI=1S/C15H20F4N4O2S/c1-20-14(21-10-11-2-4-12(16)5-3-11)22-13-6-8-23(9-7-13)26(24,25)15(17,18)19/h2-5,13H,6-10H2,1H3,(H2,20,21,22). The summed E-state index contributed by atoms with van der Waals surface area (Å²) in [5, 5.41) is 6.08. The van der Waals surface area contributed by atoms with Gasteiger partial charge in [-0.05, 0) is 30.5 Å². The summed E-state index contributed by atoms with van der Waals surface area (Å²) in [6.07, 6.45) is 0.457. The Balaban J connectivity index is 1.84. The van der Waals surface area contributed by atoms with Crippen LogP contribution in [0.15, 0.2) is 29.3 Å². The monoisotopic (exact) mass is 396 g/mol. The average Bonchev–Trinajstić information content (AvgIpc) is 2.59. The van der Waals surface area contributed by atoms with Crippen LogP contribution in [0.1, 0.15) is 18.4 Å². The number of hydrogen-bond donors (Lipinski definition) is 2. The maximum Gasteiger partial charge on any atom is 0.511 e. The third-order valence-corrected chi connectivity index (χ3v) is 5.65. The molecule has 0 bridgehead atoms. The van der Waals surface area contributed by atoms with Crippen LogP contribution in [0.4, 0.5) is 17.6 Å². The number of aliphatic imine (C=N–C) groups is 1. The van der Waals surface area contributed by atoms with Gasteiger partial charge in [-0.15, -0.1) is 0 Å². The summed E-state index contributed by atoms with van der Waals surface area (Å²) in [5.41, 5.74) is -4.44. The lowest BCUT2D eigenvalue weighted by atomic mass is 10.1. The van der Waals surface area contributed by atoms with Crippen LogP contribution >= 0.6 is 0 Å². The summed E-state index contributed by atoms with van der Waals surface area (Å²) >= 11 is 0. The van der Waals surface area contributed by atoms with Crippen molar-refractivity contribution in [3.63, 3.8) is 0 Å². The van der Waals surface area contributed by atoms with E-state index >= 15 is 0 Å². The predicted octanol–water partition coefficient (Wildman–Crippen LogP) is 1.80. The molecule has 0 atom stereocenters. The number of guanidine groups is 1. The fraction of sp³-hybridized carbons (Fsp3) is 0.533. The lowest BCUT2D eigenvalue weighted by Gasteiger charge is -2.32. The number of piperidine rings is 1. The fourth-order valence-electron chi connectivity index (χ4n) is 2.56. The highest BCUT2D eigenvalue weighted by Gasteiger charge is 2.50. The predicted molar refractivity (Wildman–Crippen MR) is 89.3 cm³/mol. The van der Waals surface area contributed by atoms with Gasteiger partial charge < -0.3 is 10.6 Å². The second-order valence-corrected chi connectivity index (χ2v) is 7.75. The van der Waals surface area contributed by atoms with Crippen molar-refractivity contribution in [2.75, 3.05) is 20.1 Å². The minimum atomic E-state index is -5.28. The number of hydrogen-bond acceptors (Lipinski definition) is 3. The van der Waals surface area contributed by atoms with Crippen molar-refractivity contribution < 1.29 is 26.0 Å². The molecule has 0 aromatic heterocycles. The molecule has 1 heterocycles. The Hall–Kier alpha value is -1.88. The van der Waals surface area contributed by atoms with E-state index in [1.54, 1.807) is 19.2 Å². The first-order valence-electron chi connectivity index (χ1n) is 7.91. The van der Waals surface area contributed by atoms with Crippen molar-refractivity contribution in [1.29, 1.82) is 0 Å². The molecule has 1 aromatic rings. The molecular formula is C15H20F4N4O2S. The number of halogens is 4. The van der Waals surface area contributed by atoms with E-state index in [4.69, 9.17) is 0 Å². The number of alkyl halides is 3. The van der Waals surface area contributed by atoms with Crippen LogP contribution in [0.2, 0.25) is 0 Å². The molecule has 26 heavy (non-hydrogen) atoms. The van der Waals surface area contributed by atoms with Crippen LogP contribution in [-0.4, -0.2) is 50.4 Å². The van der Waals surface area contributed by atoms with Gasteiger partial charge in [0.2, 0.25) is 0 Å². The van der Waals surface area contributed by atoms with E-state index in [2.05, 4.69) is 15.6 Å². The van der Waals surface area contributed by atoms with Gasteiger partial charge in [-0.2, -0.15) is 17.5 Å². The molecule has 2 N–H and O–H groups in total. The SMILES string of the molecule is CN=C(NCc1ccc(F)cc1)NC1CCN(S(=O)(=O)C(F)(F)F)CC1. The summed E-state index contributed by atoms with van der Waals surface area (Å²) < 4.78 is 73.8. The molecule has 1 aliphatic heterocycles. The molecule has 146 valence electrons. The second-order valence-electron chi connectivity index (χ2n) is 5.82. The fourth-order valence-corrected chi connectivity index (χ4v) is 3.55. The van der Waals surface area contributed by atoms with Crippen molar-refractivity contribution in [2.24, 2.45) is 4.99 Å². The third kappa shape index (κ3) is 5.07. The Kier molecular flexibility index (Phi) is 6.45. The minimum absolute atomic E-state index is 0.200. The van der Waals surface area contributed by atoms with E-state index in [0.717, 1.165) is 5.56 Å². The van der Waals surface area contributed by atoms with Crippen molar-refractivity contribution in [1.82, 2.24) is 14.9 Å². The van der Waals surface area contributed by atoms with Crippen molar-refractivity contribution in [2.45, 2.75) is 30.9 Å². The summed E-state index contributed by atoms with van der Waals surface area (Å²) in [6, 6.07) is 5.72. The summed E-state index contributed by atoms with van der Waals surface area (Å²) in [5.74, 6) is 0.100. The lowest BCUT2D eigenvalue weighted by Crippen LogP contribution is -2.51. The molecule has 1 aliphatic rings. The van der Waals surface area contributed by atoms with E-state index in [0.29, 0.717) is 16.8 Å². The molecule has 0 spiro atoms. The van der Waals surface area contributed by atoms with Crippen LogP contribution in [0.5, 0.6) is 0 Å². The number of nitrogens with zero attached hydrogens (tertiary/aromatic N) is 2. The van der Waals surface area contributed by atoms with Gasteiger partial charge in [0, 0.05) is 32.7 Å². The maximum atomic E-state index is 12.9. The van der Waals surface area contributed by atoms with Gasteiger partial charge in [-0.25, -0.2) is 12.8 Å². The maximum absolute atomic E-state index is 12.9. The average molecular weight is 396 g/mol. The zero-order valence-electron chi connectivity index (χ0n) is 14.1. The van der Waals surface area contributed by atoms with Gasteiger partial charge in [0.1, 0.15) is 5.82 Å². The van der Waals surface area contributed by atoms with Gasteiger partial charge in [0.15, 0.2) is 5.96 Å². The molecule has 0 unspecified atom stereocenters. The Morgan fingerprint density at radius 2 is 1.81 bits per heavy atom. The van der Waals surface area contributed by atoms with Crippen LogP contribution in [0.25, 0.3) is 0 Å². The molecule has 1 aromatic carbocycles. The Bertz CT molecular complexity index is 727. The second kappa shape index (κ2) is 8.21. The molecule has 11 heteroatoms. The van der Waals surface area contributed by atoms with E-state index in [9.17, 15) is 26.0 Å². The number of benzene rings is 1. The van der Waals surface area contributed by atoms with Crippen LogP contribution in [0, 0.1) is 5.82 Å². The highest BCUT2D eigenvalue weighted by atomic mass is 32.2. The molecule has 2 rings (SSSR count). The quantitative estimate of drug-likeness (QED) is 0.463. The third-order valence-electron chi connectivity index (χ3n) is 4.02. The number of rotatable bonds is 4. The molecule has 0 radical (unpaired) electrons. The van der Waals surface area contributed by atoms with Crippen molar-refractivity contribution >= 4 is 16.0 Å². The molecule has 1 fully saturated rings. The largest absolute Gasteiger partial charge is 0.511 e. The first-order valence-corrected chi connectivity index (χ1v) is 9.35. The lowest BCUT2D eigenvalue weighted by molar-refractivity contribution is -0.0494. The normalized spacial score (nSPS) is 18.0. The van der Waals surface area contributed by atoms with Crippen LogP contribution < -0.4 is 10.6 Å². The highest BCUT2D eigenvalue weighted by Crippen LogP contribution is 2.28. The smallest absolute Gasteiger partial charge is 0.354 e. The number of nitrogens with one attached hydrogen (secondary N) is 2. The molecule has 0 amide bonds. The first kappa shape index (κ1) is 20.4. The summed E-state index contributed by atoms with van der Waals surface area (Å²) in [6.45, 7) is -0.0375. The number of sulfonamides is 1. The van der Waals surface area contributed by atoms with Gasteiger partial charge in [0.05, 0.1) is 0 Å². The van der Waals surface area contributed by atoms with Crippen molar-refractivity contribution in [3.05, 3.63) is 35.6 Å². The van der Waals surface area contributed by atoms with Crippen LogP contribution in [0.3, 0.4) is 0 Å². The zero-order valence-corrected chi connectivity index (χ0v) is 14.9. The highest BCUT2D eigenvalue weighted by molar-refractivity contribution is 7.90. The molecule has 6 nitrogen and oxygen atoms in total. The van der Waals surface area contributed by atoms with Gasteiger partial charge in [-0.3, -0.25) is 4.99 Å². The van der Waals surface area contributed by atoms with E-state index in [1.165, 1.54) is 12.1 Å². The Morgan fingerprint density at radius 3 is 2.31 bits per heavy atom. The Morgan fingerprint density at radius 1 is 1.23 bits per heavy atom. The van der Waals surface area contributed by atoms with Gasteiger partial charge >= 0.3 is 15.5 Å². The summed E-state index contributed by atoms with van der Waals surface area (Å²) in [7, 11) is -3.73. The van der Waals surface area contributed by atoms with E-state index < -0.39 is 15.5 Å². The molecule has 0 saturated carbocycles. The zero-order chi connectivity index (χ0) is 19.4. The van der Waals surface area contributed by atoms with Gasteiger partial charge in [-0.1, -0.05) is 12.1 Å². The van der Waals surface area contributed by atoms with E-state index in [1.807, 2.05) is 0 Å². The Labute approximate surface area is 149 Å². The van der Waals surface area contributed by atoms with Crippen molar-refractivity contribution in [3.8, 4) is 0 Å². The molecule has 0 aliphatic carbocycles.